The minimum Gasteiger partial charge on any atom is -0.465 e. The van der Waals surface area contributed by atoms with Crippen molar-refractivity contribution in [1.82, 2.24) is 5.16 Å². The molecule has 2 amide bonds. The van der Waals surface area contributed by atoms with Gasteiger partial charge in [-0.15, -0.1) is 0 Å². The minimum atomic E-state index is -0.508. The van der Waals surface area contributed by atoms with Crippen molar-refractivity contribution in [3.05, 3.63) is 41.7 Å². The molecule has 1 aromatic carbocycles. The molecule has 25 heavy (non-hydrogen) atoms. The highest BCUT2D eigenvalue weighted by atomic mass is 16.5. The zero-order valence-electron chi connectivity index (χ0n) is 13.8. The summed E-state index contributed by atoms with van der Waals surface area (Å²) < 4.78 is 9.59. The Bertz CT molecular complexity index is 829. The van der Waals surface area contributed by atoms with Gasteiger partial charge in [0.1, 0.15) is 5.76 Å². The number of methoxy groups -OCH3 is 1. The molecule has 0 bridgehead atoms. The van der Waals surface area contributed by atoms with Crippen molar-refractivity contribution in [2.75, 3.05) is 23.9 Å². The first-order valence-corrected chi connectivity index (χ1v) is 7.71. The number of anilines is 2. The number of rotatable bonds is 4. The van der Waals surface area contributed by atoms with E-state index in [0.29, 0.717) is 22.8 Å². The van der Waals surface area contributed by atoms with Gasteiger partial charge in [-0.2, -0.15) is 0 Å². The molecular formula is C17H17N3O5. The predicted octanol–water partition coefficient (Wildman–Crippen LogP) is 1.76. The highest BCUT2D eigenvalue weighted by Gasteiger charge is 2.35. The second-order valence-electron chi connectivity index (χ2n) is 5.76. The van der Waals surface area contributed by atoms with Crippen LogP contribution in [0.1, 0.15) is 22.5 Å². The monoisotopic (exact) mass is 343 g/mol. The Balaban J connectivity index is 1.72. The van der Waals surface area contributed by atoms with Crippen LogP contribution in [0.3, 0.4) is 0 Å². The van der Waals surface area contributed by atoms with Crippen LogP contribution in [0, 0.1) is 12.8 Å². The van der Waals surface area contributed by atoms with Crippen LogP contribution in [0.25, 0.3) is 0 Å². The van der Waals surface area contributed by atoms with Gasteiger partial charge in [-0.1, -0.05) is 11.2 Å². The quantitative estimate of drug-likeness (QED) is 0.849. The molecule has 8 nitrogen and oxygen atoms in total. The second kappa shape index (κ2) is 6.76. The maximum Gasteiger partial charge on any atom is 0.337 e. The summed E-state index contributed by atoms with van der Waals surface area (Å²) in [7, 11) is 1.29. The van der Waals surface area contributed by atoms with E-state index < -0.39 is 11.9 Å². The van der Waals surface area contributed by atoms with E-state index in [1.54, 1.807) is 37.3 Å². The number of hydrogen-bond donors (Lipinski definition) is 1. The number of carbonyl (C=O) groups excluding carboxylic acids is 3. The lowest BCUT2D eigenvalue weighted by atomic mass is 10.1. The third kappa shape index (κ3) is 3.52. The van der Waals surface area contributed by atoms with Gasteiger partial charge in [-0.3, -0.25) is 9.59 Å². The normalized spacial score (nSPS) is 16.8. The molecule has 1 aromatic heterocycles. The maximum atomic E-state index is 12.3. The molecule has 1 unspecified atom stereocenters. The number of aryl methyl sites for hydroxylation is 1. The highest BCUT2D eigenvalue weighted by molar-refractivity contribution is 6.03. The van der Waals surface area contributed by atoms with Crippen molar-refractivity contribution < 1.29 is 23.6 Å². The molecule has 0 aliphatic carbocycles. The average Bonchev–Trinajstić information content (AvgIpc) is 3.20. The van der Waals surface area contributed by atoms with Gasteiger partial charge in [-0.25, -0.2) is 4.79 Å². The fraction of sp³-hybridized carbons (Fsp3) is 0.294. The first kappa shape index (κ1) is 16.7. The minimum absolute atomic E-state index is 0.0884. The third-order valence-electron chi connectivity index (χ3n) is 3.95. The van der Waals surface area contributed by atoms with E-state index in [0.717, 1.165) is 0 Å². The van der Waals surface area contributed by atoms with Crippen molar-refractivity contribution in [2.45, 2.75) is 13.3 Å². The summed E-state index contributed by atoms with van der Waals surface area (Å²) in [6.45, 7) is 1.95. The Labute approximate surface area is 143 Å². The van der Waals surface area contributed by atoms with E-state index in [1.807, 2.05) is 0 Å². The van der Waals surface area contributed by atoms with E-state index in [2.05, 4.69) is 15.2 Å². The van der Waals surface area contributed by atoms with Crippen molar-refractivity contribution in [3.8, 4) is 0 Å². The lowest BCUT2D eigenvalue weighted by Crippen LogP contribution is -2.28. The fourth-order valence-corrected chi connectivity index (χ4v) is 2.70. The zero-order chi connectivity index (χ0) is 18.0. The number of carbonyl (C=O) groups is 3. The van der Waals surface area contributed by atoms with Crippen molar-refractivity contribution >= 4 is 29.3 Å². The Kier molecular flexibility index (Phi) is 4.51. The summed E-state index contributed by atoms with van der Waals surface area (Å²) in [4.78, 5) is 37.7. The lowest BCUT2D eigenvalue weighted by Gasteiger charge is -2.17. The van der Waals surface area contributed by atoms with Crippen LogP contribution in [0.4, 0.5) is 11.5 Å². The van der Waals surface area contributed by atoms with E-state index in [-0.39, 0.29) is 24.8 Å². The van der Waals surface area contributed by atoms with Gasteiger partial charge in [0.2, 0.25) is 11.8 Å². The van der Waals surface area contributed by atoms with Crippen LogP contribution in [0.5, 0.6) is 0 Å². The van der Waals surface area contributed by atoms with Gasteiger partial charge in [-0.05, 0) is 25.1 Å². The SMILES string of the molecule is COC(=O)c1cccc(N2CC(C(=O)Nc3cc(C)on3)CC2=O)c1. The Morgan fingerprint density at radius 3 is 2.84 bits per heavy atom. The highest BCUT2D eigenvalue weighted by Crippen LogP contribution is 2.27. The molecule has 1 aliphatic heterocycles. The summed E-state index contributed by atoms with van der Waals surface area (Å²) in [6.07, 6.45) is 0.0884. The predicted molar refractivity (Wildman–Crippen MR) is 88.1 cm³/mol. The van der Waals surface area contributed by atoms with E-state index in [9.17, 15) is 14.4 Å². The van der Waals surface area contributed by atoms with Gasteiger partial charge < -0.3 is 19.5 Å². The van der Waals surface area contributed by atoms with Gasteiger partial charge in [0.25, 0.3) is 0 Å². The number of esters is 1. The summed E-state index contributed by atoms with van der Waals surface area (Å²) in [5.41, 5.74) is 0.902. The molecule has 8 heteroatoms. The third-order valence-corrected chi connectivity index (χ3v) is 3.95. The number of amides is 2. The zero-order valence-corrected chi connectivity index (χ0v) is 13.8. The lowest BCUT2D eigenvalue weighted by molar-refractivity contribution is -0.122. The van der Waals surface area contributed by atoms with E-state index in [4.69, 9.17) is 4.52 Å². The van der Waals surface area contributed by atoms with Crippen molar-refractivity contribution in [3.63, 3.8) is 0 Å². The molecule has 1 fully saturated rings. The number of nitrogens with one attached hydrogen (secondary N) is 1. The summed E-state index contributed by atoms with van der Waals surface area (Å²) in [5, 5.41) is 6.35. The number of benzene rings is 1. The van der Waals surface area contributed by atoms with Gasteiger partial charge in [0, 0.05) is 24.7 Å². The maximum absolute atomic E-state index is 12.3. The van der Waals surface area contributed by atoms with Gasteiger partial charge in [0.15, 0.2) is 5.82 Å². The Hall–Kier alpha value is -3.16. The van der Waals surface area contributed by atoms with Crippen LogP contribution in [-0.2, 0) is 14.3 Å². The first-order valence-electron chi connectivity index (χ1n) is 7.71. The molecule has 0 spiro atoms. The molecule has 0 saturated carbocycles. The first-order chi connectivity index (χ1) is 12.0. The Morgan fingerprint density at radius 1 is 1.36 bits per heavy atom. The van der Waals surface area contributed by atoms with Crippen molar-refractivity contribution in [1.29, 1.82) is 0 Å². The van der Waals surface area contributed by atoms with Crippen LogP contribution < -0.4 is 10.2 Å². The summed E-state index contributed by atoms with van der Waals surface area (Å²) in [6, 6.07) is 8.16. The van der Waals surface area contributed by atoms with E-state index >= 15 is 0 Å². The van der Waals surface area contributed by atoms with E-state index in [1.165, 1.54) is 12.0 Å². The average molecular weight is 343 g/mol. The van der Waals surface area contributed by atoms with Crippen LogP contribution >= 0.6 is 0 Å². The molecule has 1 aliphatic rings. The number of ether oxygens (including phenoxy) is 1. The summed E-state index contributed by atoms with van der Waals surface area (Å²) >= 11 is 0. The van der Waals surface area contributed by atoms with Crippen molar-refractivity contribution in [2.24, 2.45) is 5.92 Å². The second-order valence-corrected chi connectivity index (χ2v) is 5.76. The number of nitrogens with zero attached hydrogens (tertiary/aromatic N) is 2. The molecule has 1 atom stereocenters. The van der Waals surface area contributed by atoms with Crippen LogP contribution in [0.2, 0.25) is 0 Å². The molecule has 2 heterocycles. The van der Waals surface area contributed by atoms with Gasteiger partial charge in [0.05, 0.1) is 18.6 Å². The largest absolute Gasteiger partial charge is 0.465 e. The Morgan fingerprint density at radius 2 is 2.16 bits per heavy atom. The van der Waals surface area contributed by atoms with Gasteiger partial charge >= 0.3 is 5.97 Å². The molecule has 3 rings (SSSR count). The number of hydrogen-bond acceptors (Lipinski definition) is 6. The molecular weight excluding hydrogens is 326 g/mol. The molecule has 1 N–H and O–H groups in total. The fourth-order valence-electron chi connectivity index (χ4n) is 2.70. The topological polar surface area (TPSA) is 102 Å². The number of aromatic nitrogens is 1. The molecule has 2 aromatic rings. The van der Waals surface area contributed by atoms with Crippen LogP contribution in [-0.4, -0.2) is 36.6 Å². The smallest absolute Gasteiger partial charge is 0.337 e. The summed E-state index contributed by atoms with van der Waals surface area (Å²) in [5.74, 6) is -0.567. The molecule has 1 saturated heterocycles. The van der Waals surface area contributed by atoms with Crippen LogP contribution in [0.15, 0.2) is 34.9 Å². The molecule has 0 radical (unpaired) electrons. The standard InChI is InChI=1S/C17H17N3O5/c1-10-6-14(19-25-10)18-16(22)12-8-15(21)20(9-12)13-5-3-4-11(7-13)17(23)24-2/h3-7,12H,8-9H2,1-2H3,(H,18,19,22). The molecule has 130 valence electrons.